The van der Waals surface area contributed by atoms with Crippen LogP contribution in [-0.2, 0) is 4.79 Å². The molecule has 7 nitrogen and oxygen atoms in total. The van der Waals surface area contributed by atoms with Gasteiger partial charge in [0.25, 0.3) is 5.69 Å². The lowest BCUT2D eigenvalue weighted by molar-refractivity contribution is -0.384. The van der Waals surface area contributed by atoms with E-state index in [1.807, 2.05) is 6.92 Å². The number of benzene rings is 1. The van der Waals surface area contributed by atoms with Gasteiger partial charge in [-0.25, -0.2) is 0 Å². The minimum Gasteiger partial charge on any atom is -0.494 e. The van der Waals surface area contributed by atoms with E-state index in [-0.39, 0.29) is 17.3 Å². The number of methoxy groups -OCH3 is 1. The summed E-state index contributed by atoms with van der Waals surface area (Å²) in [6, 6.07) is 4.16. The molecular formula is C14H19N3O4. The maximum atomic E-state index is 12.4. The number of carbonyl (C=O) groups excluding carboxylic acids is 1. The van der Waals surface area contributed by atoms with Crippen LogP contribution in [0, 0.1) is 15.5 Å². The molecule has 21 heavy (non-hydrogen) atoms. The molecule has 114 valence electrons. The van der Waals surface area contributed by atoms with Gasteiger partial charge in [-0.05, 0) is 32.0 Å². The number of rotatable bonds is 4. The summed E-state index contributed by atoms with van der Waals surface area (Å²) in [6.45, 7) is 3.55. The Kier molecular flexibility index (Phi) is 4.42. The highest BCUT2D eigenvalue weighted by molar-refractivity contribution is 5.96. The number of nitro benzene ring substituents is 1. The van der Waals surface area contributed by atoms with Crippen molar-refractivity contribution in [2.75, 3.05) is 25.5 Å². The number of hydrogen-bond donors (Lipinski definition) is 2. The van der Waals surface area contributed by atoms with Crippen molar-refractivity contribution in [3.05, 3.63) is 28.3 Å². The van der Waals surface area contributed by atoms with Crippen molar-refractivity contribution < 1.29 is 14.5 Å². The van der Waals surface area contributed by atoms with E-state index in [4.69, 9.17) is 4.74 Å². The van der Waals surface area contributed by atoms with E-state index in [2.05, 4.69) is 10.6 Å². The molecule has 0 aromatic heterocycles. The first-order valence-corrected chi connectivity index (χ1v) is 6.81. The maximum absolute atomic E-state index is 12.4. The summed E-state index contributed by atoms with van der Waals surface area (Å²) in [5, 5.41) is 16.8. The number of amides is 1. The molecule has 2 rings (SSSR count). The Bertz CT molecular complexity index is 553. The molecule has 0 bridgehead atoms. The molecule has 7 heteroatoms. The quantitative estimate of drug-likeness (QED) is 0.653. The first-order valence-electron chi connectivity index (χ1n) is 6.81. The molecule has 1 aromatic rings. The van der Waals surface area contributed by atoms with Crippen molar-refractivity contribution in [1.29, 1.82) is 0 Å². The normalized spacial score (nSPS) is 17.0. The minimum absolute atomic E-state index is 0.0714. The number of piperidine rings is 1. The zero-order chi connectivity index (χ0) is 15.5. The van der Waals surface area contributed by atoms with Crippen LogP contribution in [0.15, 0.2) is 18.2 Å². The molecule has 1 aliphatic rings. The zero-order valence-electron chi connectivity index (χ0n) is 12.1. The zero-order valence-corrected chi connectivity index (χ0v) is 12.1. The van der Waals surface area contributed by atoms with Crippen molar-refractivity contribution in [2.45, 2.75) is 19.8 Å². The van der Waals surface area contributed by atoms with Crippen LogP contribution in [0.3, 0.4) is 0 Å². The lowest BCUT2D eigenvalue weighted by Crippen LogP contribution is -2.42. The first kappa shape index (κ1) is 15.2. The van der Waals surface area contributed by atoms with Crippen molar-refractivity contribution in [1.82, 2.24) is 5.32 Å². The first-order chi connectivity index (χ1) is 9.96. The van der Waals surface area contributed by atoms with E-state index >= 15 is 0 Å². The SMILES string of the molecule is COc1cc([N+](=O)[O-])ccc1NC(=O)C1(C)CCNCC1. The topological polar surface area (TPSA) is 93.5 Å². The van der Waals surface area contributed by atoms with Crippen LogP contribution in [0.2, 0.25) is 0 Å². The minimum atomic E-state index is -0.498. The van der Waals surface area contributed by atoms with Gasteiger partial charge >= 0.3 is 0 Å². The third-order valence-corrected chi connectivity index (χ3v) is 3.90. The van der Waals surface area contributed by atoms with Crippen LogP contribution < -0.4 is 15.4 Å². The number of ether oxygens (including phenoxy) is 1. The number of non-ortho nitro benzene ring substituents is 1. The second kappa shape index (κ2) is 6.09. The van der Waals surface area contributed by atoms with Gasteiger partial charge in [0.1, 0.15) is 5.75 Å². The van der Waals surface area contributed by atoms with E-state index in [0.29, 0.717) is 5.69 Å². The van der Waals surface area contributed by atoms with E-state index < -0.39 is 10.3 Å². The van der Waals surface area contributed by atoms with Crippen LogP contribution in [0.25, 0.3) is 0 Å². The second-order valence-corrected chi connectivity index (χ2v) is 5.41. The third-order valence-electron chi connectivity index (χ3n) is 3.90. The Morgan fingerprint density at radius 3 is 2.67 bits per heavy atom. The Hall–Kier alpha value is -2.15. The fraction of sp³-hybridized carbons (Fsp3) is 0.500. The molecule has 0 saturated carbocycles. The summed E-state index contributed by atoms with van der Waals surface area (Å²) in [5.41, 5.74) is -0.0521. The smallest absolute Gasteiger partial charge is 0.273 e. The van der Waals surface area contributed by atoms with Crippen LogP contribution in [-0.4, -0.2) is 31.0 Å². The molecule has 1 aromatic carbocycles. The molecule has 2 N–H and O–H groups in total. The van der Waals surface area contributed by atoms with E-state index in [9.17, 15) is 14.9 Å². The van der Waals surface area contributed by atoms with E-state index in [0.717, 1.165) is 25.9 Å². The summed E-state index contributed by atoms with van der Waals surface area (Å²) in [4.78, 5) is 22.7. The number of nitrogens with one attached hydrogen (secondary N) is 2. The summed E-state index contributed by atoms with van der Waals surface area (Å²) in [5.74, 6) is 0.200. The largest absolute Gasteiger partial charge is 0.494 e. The second-order valence-electron chi connectivity index (χ2n) is 5.41. The van der Waals surface area contributed by atoms with Gasteiger partial charge in [-0.2, -0.15) is 0 Å². The molecule has 1 saturated heterocycles. The Morgan fingerprint density at radius 1 is 1.43 bits per heavy atom. The predicted molar refractivity (Wildman–Crippen MR) is 78.5 cm³/mol. The number of anilines is 1. The summed E-state index contributed by atoms with van der Waals surface area (Å²) in [7, 11) is 1.42. The standard InChI is InChI=1S/C14H19N3O4/c1-14(5-7-15-8-6-14)13(18)16-11-4-3-10(17(19)20)9-12(11)21-2/h3-4,9,15H,5-8H2,1-2H3,(H,16,18). The Labute approximate surface area is 122 Å². The lowest BCUT2D eigenvalue weighted by atomic mass is 9.80. The molecule has 1 amide bonds. The molecule has 0 unspecified atom stereocenters. The van der Waals surface area contributed by atoms with Gasteiger partial charge in [0.2, 0.25) is 5.91 Å². The van der Waals surface area contributed by atoms with Gasteiger partial charge in [-0.1, -0.05) is 6.92 Å². The molecule has 0 spiro atoms. The molecule has 1 fully saturated rings. The highest BCUT2D eigenvalue weighted by Crippen LogP contribution is 2.33. The Balaban J connectivity index is 2.18. The van der Waals surface area contributed by atoms with E-state index in [1.54, 1.807) is 0 Å². The van der Waals surface area contributed by atoms with Gasteiger partial charge in [0, 0.05) is 11.5 Å². The number of nitrogens with zero attached hydrogens (tertiary/aromatic N) is 1. The number of hydrogen-bond acceptors (Lipinski definition) is 5. The van der Waals surface area contributed by atoms with Crippen molar-refractivity contribution in [3.8, 4) is 5.75 Å². The highest BCUT2D eigenvalue weighted by Gasteiger charge is 2.35. The average Bonchev–Trinajstić information content (AvgIpc) is 2.48. The summed E-state index contributed by atoms with van der Waals surface area (Å²) >= 11 is 0. The maximum Gasteiger partial charge on any atom is 0.273 e. The van der Waals surface area contributed by atoms with Crippen LogP contribution in [0.1, 0.15) is 19.8 Å². The van der Waals surface area contributed by atoms with Crippen molar-refractivity contribution in [2.24, 2.45) is 5.41 Å². The van der Waals surface area contributed by atoms with Gasteiger partial charge in [0.15, 0.2) is 0 Å². The van der Waals surface area contributed by atoms with E-state index in [1.165, 1.54) is 25.3 Å². The van der Waals surface area contributed by atoms with Gasteiger partial charge in [-0.15, -0.1) is 0 Å². The van der Waals surface area contributed by atoms with Gasteiger partial charge < -0.3 is 15.4 Å². The molecule has 0 aliphatic carbocycles. The fourth-order valence-electron chi connectivity index (χ4n) is 2.38. The fourth-order valence-corrected chi connectivity index (χ4v) is 2.38. The molecule has 1 aliphatic heterocycles. The van der Waals surface area contributed by atoms with Crippen LogP contribution in [0.4, 0.5) is 11.4 Å². The van der Waals surface area contributed by atoms with Crippen molar-refractivity contribution >= 4 is 17.3 Å². The third kappa shape index (κ3) is 3.30. The van der Waals surface area contributed by atoms with Gasteiger partial charge in [-0.3, -0.25) is 14.9 Å². The van der Waals surface area contributed by atoms with Crippen molar-refractivity contribution in [3.63, 3.8) is 0 Å². The average molecular weight is 293 g/mol. The lowest BCUT2D eigenvalue weighted by Gasteiger charge is -2.32. The number of nitro groups is 1. The Morgan fingerprint density at radius 2 is 2.10 bits per heavy atom. The molecule has 1 heterocycles. The monoisotopic (exact) mass is 293 g/mol. The summed E-state index contributed by atoms with van der Waals surface area (Å²) in [6.07, 6.45) is 1.52. The number of carbonyl (C=O) groups is 1. The summed E-state index contributed by atoms with van der Waals surface area (Å²) < 4.78 is 5.13. The highest BCUT2D eigenvalue weighted by atomic mass is 16.6. The van der Waals surface area contributed by atoms with Crippen LogP contribution >= 0.6 is 0 Å². The molecule has 0 radical (unpaired) electrons. The molecule has 0 atom stereocenters. The van der Waals surface area contributed by atoms with Gasteiger partial charge in [0.05, 0.1) is 23.8 Å². The molecular weight excluding hydrogens is 274 g/mol. The predicted octanol–water partition coefficient (Wildman–Crippen LogP) is 1.93. The van der Waals surface area contributed by atoms with Crippen LogP contribution in [0.5, 0.6) is 5.75 Å².